The molecule has 1 aromatic rings. The molecule has 22 heavy (non-hydrogen) atoms. The minimum Gasteiger partial charge on any atom is -0.550 e. The highest BCUT2D eigenvalue weighted by Crippen LogP contribution is 2.29. The Balaban J connectivity index is 2.78. The number of sulfonamides is 1. The van der Waals surface area contributed by atoms with Crippen LogP contribution in [0, 0.1) is 5.92 Å². The van der Waals surface area contributed by atoms with Crippen molar-refractivity contribution in [3.63, 3.8) is 0 Å². The van der Waals surface area contributed by atoms with Gasteiger partial charge in [0.2, 0.25) is 10.0 Å². The fraction of sp³-hybridized carbons (Fsp3) is 0.417. The predicted molar refractivity (Wildman–Crippen MR) is 73.1 cm³/mol. The second-order valence-corrected chi connectivity index (χ2v) is 7.14. The molecule has 1 rings (SSSR count). The summed E-state index contributed by atoms with van der Waals surface area (Å²) in [4.78, 5) is 10.1. The Morgan fingerprint density at radius 3 is 2.27 bits per heavy atom. The molecule has 1 N–H and O–H groups in total. The Bertz CT molecular complexity index is 616. The molecule has 0 aliphatic heterocycles. The van der Waals surface area contributed by atoms with Gasteiger partial charge in [-0.25, -0.2) is 13.1 Å². The molecule has 0 amide bonds. The summed E-state index contributed by atoms with van der Waals surface area (Å²) in [5.41, 5.74) is 0. The third kappa shape index (κ3) is 5.93. The summed E-state index contributed by atoms with van der Waals surface area (Å²) in [5, 5.41) is 10.3. The molecule has 1 atom stereocenters. The SMILES string of the molecule is O=C([O-])CC[C@H](CNS(=O)(=O)c1ccc(Br)cc1)C(F)(F)F. The lowest BCUT2D eigenvalue weighted by Crippen LogP contribution is -2.37. The highest BCUT2D eigenvalue weighted by Gasteiger charge is 2.39. The average Bonchev–Trinajstić information content (AvgIpc) is 2.37. The average molecular weight is 403 g/mol. The molecular weight excluding hydrogens is 391 g/mol. The molecule has 124 valence electrons. The lowest BCUT2D eigenvalue weighted by molar-refractivity contribution is -0.306. The van der Waals surface area contributed by atoms with Crippen LogP contribution in [0.15, 0.2) is 33.6 Å². The molecule has 1 aromatic carbocycles. The Morgan fingerprint density at radius 2 is 1.82 bits per heavy atom. The minimum absolute atomic E-state index is 0.184. The zero-order valence-electron chi connectivity index (χ0n) is 11.1. The van der Waals surface area contributed by atoms with Gasteiger partial charge in [-0.05, 0) is 37.1 Å². The highest BCUT2D eigenvalue weighted by molar-refractivity contribution is 9.10. The molecule has 10 heteroatoms. The number of aliphatic carboxylic acids is 1. The number of alkyl halides is 3. The van der Waals surface area contributed by atoms with E-state index in [0.29, 0.717) is 4.47 Å². The van der Waals surface area contributed by atoms with Crippen molar-refractivity contribution in [2.24, 2.45) is 5.92 Å². The van der Waals surface area contributed by atoms with E-state index in [1.807, 2.05) is 4.72 Å². The molecule has 0 heterocycles. The van der Waals surface area contributed by atoms with Gasteiger partial charge in [-0.1, -0.05) is 15.9 Å². The van der Waals surface area contributed by atoms with Gasteiger partial charge in [0.05, 0.1) is 10.8 Å². The van der Waals surface area contributed by atoms with Gasteiger partial charge in [0.25, 0.3) is 0 Å². The molecule has 0 aliphatic rings. The lowest BCUT2D eigenvalue weighted by Gasteiger charge is -2.20. The standard InChI is InChI=1S/C12H13BrF3NO4S/c13-9-2-4-10(5-3-9)22(20,21)17-7-8(12(14,15)16)1-6-11(18)19/h2-5,8,17H,1,6-7H2,(H,18,19)/p-1/t8-/m1/s1. The first-order valence-electron chi connectivity index (χ1n) is 6.04. The summed E-state index contributed by atoms with van der Waals surface area (Å²) in [5.74, 6) is -3.72. The largest absolute Gasteiger partial charge is 0.550 e. The zero-order valence-corrected chi connectivity index (χ0v) is 13.5. The number of benzene rings is 1. The predicted octanol–water partition coefficient (Wildman–Crippen LogP) is 1.44. The first kappa shape index (κ1) is 18.9. The van der Waals surface area contributed by atoms with Gasteiger partial charge in [-0.15, -0.1) is 0 Å². The molecular formula is C12H12BrF3NO4S-. The fourth-order valence-corrected chi connectivity index (χ4v) is 2.93. The number of carboxylic acid groups (broad SMARTS) is 1. The van der Waals surface area contributed by atoms with Crippen LogP contribution in [0.25, 0.3) is 0 Å². The van der Waals surface area contributed by atoms with E-state index in [4.69, 9.17) is 0 Å². The number of carbonyl (C=O) groups is 1. The minimum atomic E-state index is -4.71. The Labute approximate surface area is 133 Å². The monoisotopic (exact) mass is 402 g/mol. The smallest absolute Gasteiger partial charge is 0.393 e. The quantitative estimate of drug-likeness (QED) is 0.747. The normalized spacial score (nSPS) is 13.8. The van der Waals surface area contributed by atoms with Crippen LogP contribution in [-0.2, 0) is 14.8 Å². The molecule has 0 unspecified atom stereocenters. The topological polar surface area (TPSA) is 86.3 Å². The van der Waals surface area contributed by atoms with Crippen molar-refractivity contribution >= 4 is 31.9 Å². The summed E-state index contributed by atoms with van der Waals surface area (Å²) in [6.45, 7) is -0.935. The third-order valence-electron chi connectivity index (χ3n) is 2.80. The maximum atomic E-state index is 12.7. The van der Waals surface area contributed by atoms with Gasteiger partial charge >= 0.3 is 6.18 Å². The molecule has 0 saturated carbocycles. The molecule has 0 fully saturated rings. The second-order valence-electron chi connectivity index (χ2n) is 4.46. The van der Waals surface area contributed by atoms with E-state index in [1.165, 1.54) is 24.3 Å². The van der Waals surface area contributed by atoms with Crippen molar-refractivity contribution in [1.82, 2.24) is 4.72 Å². The summed E-state index contributed by atoms with van der Waals surface area (Å²) in [6, 6.07) is 5.34. The van der Waals surface area contributed by atoms with Crippen molar-refractivity contribution in [3.05, 3.63) is 28.7 Å². The number of rotatable bonds is 7. The van der Waals surface area contributed by atoms with E-state index in [-0.39, 0.29) is 4.90 Å². The van der Waals surface area contributed by atoms with Gasteiger partial charge in [0, 0.05) is 17.0 Å². The van der Waals surface area contributed by atoms with E-state index in [1.54, 1.807) is 0 Å². The molecule has 0 bridgehead atoms. The first-order valence-corrected chi connectivity index (χ1v) is 8.32. The van der Waals surface area contributed by atoms with Crippen molar-refractivity contribution in [2.45, 2.75) is 23.9 Å². The maximum Gasteiger partial charge on any atom is 0.393 e. The van der Waals surface area contributed by atoms with Crippen LogP contribution in [0.4, 0.5) is 13.2 Å². The zero-order chi connectivity index (χ0) is 17.0. The van der Waals surface area contributed by atoms with Gasteiger partial charge in [0.15, 0.2) is 0 Å². The number of hydrogen-bond acceptors (Lipinski definition) is 4. The number of carboxylic acids is 1. The van der Waals surface area contributed by atoms with E-state index in [9.17, 15) is 31.5 Å². The Kier molecular flexibility index (Phi) is 6.38. The van der Waals surface area contributed by atoms with Crippen molar-refractivity contribution in [3.8, 4) is 0 Å². The van der Waals surface area contributed by atoms with Crippen molar-refractivity contribution in [2.75, 3.05) is 6.54 Å². The van der Waals surface area contributed by atoms with E-state index < -0.39 is 47.5 Å². The Hall–Kier alpha value is -1.13. The summed E-state index contributed by atoms with van der Waals surface area (Å²) in [7, 11) is -4.10. The first-order chi connectivity index (χ1) is 10.0. The molecule has 0 spiro atoms. The van der Waals surface area contributed by atoms with Crippen LogP contribution in [0.2, 0.25) is 0 Å². The van der Waals surface area contributed by atoms with E-state index >= 15 is 0 Å². The van der Waals surface area contributed by atoms with Crippen molar-refractivity contribution < 1.29 is 31.5 Å². The van der Waals surface area contributed by atoms with Crippen LogP contribution >= 0.6 is 15.9 Å². The van der Waals surface area contributed by atoms with Crippen LogP contribution in [0.3, 0.4) is 0 Å². The molecule has 5 nitrogen and oxygen atoms in total. The summed E-state index contributed by atoms with van der Waals surface area (Å²) in [6.07, 6.45) is -6.27. The van der Waals surface area contributed by atoms with Crippen LogP contribution in [0.1, 0.15) is 12.8 Å². The fourth-order valence-electron chi connectivity index (χ4n) is 1.58. The van der Waals surface area contributed by atoms with E-state index in [0.717, 1.165) is 0 Å². The van der Waals surface area contributed by atoms with Crippen LogP contribution < -0.4 is 9.83 Å². The third-order valence-corrected chi connectivity index (χ3v) is 4.77. The molecule has 0 aromatic heterocycles. The number of halogens is 4. The maximum absolute atomic E-state index is 12.7. The highest BCUT2D eigenvalue weighted by atomic mass is 79.9. The van der Waals surface area contributed by atoms with E-state index in [2.05, 4.69) is 15.9 Å². The molecule has 0 radical (unpaired) electrons. The van der Waals surface area contributed by atoms with Crippen LogP contribution in [-0.4, -0.2) is 27.1 Å². The van der Waals surface area contributed by atoms with Gasteiger partial charge in [0.1, 0.15) is 0 Å². The van der Waals surface area contributed by atoms with Gasteiger partial charge in [-0.2, -0.15) is 13.2 Å². The molecule has 0 aliphatic carbocycles. The van der Waals surface area contributed by atoms with Gasteiger partial charge < -0.3 is 9.90 Å². The second kappa shape index (κ2) is 7.42. The van der Waals surface area contributed by atoms with Crippen molar-refractivity contribution in [1.29, 1.82) is 0 Å². The lowest BCUT2D eigenvalue weighted by atomic mass is 10.0. The van der Waals surface area contributed by atoms with Crippen LogP contribution in [0.5, 0.6) is 0 Å². The number of carbonyl (C=O) groups excluding carboxylic acids is 1. The Morgan fingerprint density at radius 1 is 1.27 bits per heavy atom. The van der Waals surface area contributed by atoms with Gasteiger partial charge in [-0.3, -0.25) is 0 Å². The summed E-state index contributed by atoms with van der Waals surface area (Å²) >= 11 is 3.11. The number of nitrogens with one attached hydrogen (secondary N) is 1. The molecule has 0 saturated heterocycles. The number of hydrogen-bond donors (Lipinski definition) is 1. The summed E-state index contributed by atoms with van der Waals surface area (Å²) < 4.78 is 64.5.